The molecular formula is C6H12O6. The van der Waals surface area contributed by atoms with Gasteiger partial charge in [0.2, 0.25) is 0 Å². The quantitative estimate of drug-likeness (QED) is 0.286. The highest BCUT2D eigenvalue weighted by atomic mass is 16.6. The zero-order chi connectivity index (χ0) is 9.30. The minimum absolute atomic E-state index is 0.471. The maximum Gasteiger partial charge on any atom is 0.181 e. The van der Waals surface area contributed by atoms with E-state index in [0.717, 1.165) is 0 Å². The van der Waals surface area contributed by atoms with Crippen LogP contribution < -0.4 is 0 Å². The van der Waals surface area contributed by atoms with Crippen LogP contribution in [-0.2, 0) is 4.74 Å². The molecule has 6 nitrogen and oxygen atoms in total. The molecule has 0 bridgehead atoms. The second kappa shape index (κ2) is 3.65. The molecule has 72 valence electrons. The Hall–Kier alpha value is -0.240. The van der Waals surface area contributed by atoms with Gasteiger partial charge >= 0.3 is 0 Å². The molecule has 0 amide bonds. The first-order valence-corrected chi connectivity index (χ1v) is 3.56. The molecule has 0 unspecified atom stereocenters. The summed E-state index contributed by atoms with van der Waals surface area (Å²) < 4.78 is 4.75. The topological polar surface area (TPSA) is 110 Å². The molecule has 5 N–H and O–H groups in total. The highest BCUT2D eigenvalue weighted by Crippen LogP contribution is 2.22. The summed E-state index contributed by atoms with van der Waals surface area (Å²) in [5.41, 5.74) is 0. The smallest absolute Gasteiger partial charge is 0.181 e. The van der Waals surface area contributed by atoms with E-state index in [4.69, 9.17) is 30.3 Å². The van der Waals surface area contributed by atoms with Gasteiger partial charge in [0.05, 0.1) is 6.61 Å². The fourth-order valence-electron chi connectivity index (χ4n) is 1.17. The molecule has 1 saturated heterocycles. The van der Waals surface area contributed by atoms with Crippen LogP contribution in [0.25, 0.3) is 0 Å². The molecule has 0 aliphatic carbocycles. The van der Waals surface area contributed by atoms with Gasteiger partial charge in [-0.05, 0) is 0 Å². The van der Waals surface area contributed by atoms with E-state index in [0.29, 0.717) is 0 Å². The molecular weight excluding hydrogens is 168 g/mol. The number of ether oxygens (including phenoxy) is 1. The van der Waals surface area contributed by atoms with Crippen LogP contribution in [0, 0.1) is 0 Å². The Labute approximate surface area is 68.6 Å². The summed E-state index contributed by atoms with van der Waals surface area (Å²) in [6, 6.07) is 0. The normalized spacial score (nSPS) is 42.5. The fourth-order valence-corrected chi connectivity index (χ4v) is 1.17. The first kappa shape index (κ1) is 9.85. The van der Waals surface area contributed by atoms with Crippen molar-refractivity contribution in [3.63, 3.8) is 0 Å². The van der Waals surface area contributed by atoms with Crippen LogP contribution in [0.2, 0.25) is 0 Å². The van der Waals surface area contributed by atoms with Crippen LogP contribution in [0.5, 0.6) is 0 Å². The maximum absolute atomic E-state index is 9.12. The molecule has 6 heteroatoms. The Morgan fingerprint density at radius 2 is 1.75 bits per heavy atom. The van der Waals surface area contributed by atoms with E-state index in [-0.39, 0.29) is 0 Å². The zero-order valence-corrected chi connectivity index (χ0v) is 6.24. The summed E-state index contributed by atoms with van der Waals surface area (Å²) >= 11 is 0. The second-order valence-electron chi connectivity index (χ2n) is 2.72. The molecule has 0 spiro atoms. The van der Waals surface area contributed by atoms with Crippen LogP contribution in [0.15, 0.2) is 0 Å². The molecule has 1 fully saturated rings. The van der Waals surface area contributed by atoms with Crippen molar-refractivity contribution in [3.8, 4) is 0 Å². The van der Waals surface area contributed by atoms with Gasteiger partial charge in [0.25, 0.3) is 0 Å². The van der Waals surface area contributed by atoms with Crippen molar-refractivity contribution in [1.82, 2.24) is 0 Å². The molecule has 1 rings (SSSR count). The Balaban J connectivity index is 2.60. The van der Waals surface area contributed by atoms with E-state index in [2.05, 4.69) is 0 Å². The first-order valence-electron chi connectivity index (χ1n) is 3.56. The molecule has 0 aromatic carbocycles. The van der Waals surface area contributed by atoms with Crippen molar-refractivity contribution >= 4 is 0 Å². The van der Waals surface area contributed by atoms with E-state index in [1.807, 2.05) is 0 Å². The Morgan fingerprint density at radius 1 is 1.17 bits per heavy atom. The van der Waals surface area contributed by atoms with Crippen molar-refractivity contribution in [2.45, 2.75) is 30.7 Å². The van der Waals surface area contributed by atoms with Gasteiger partial charge < -0.3 is 30.3 Å². The number of aliphatic hydroxyl groups is 5. The van der Waals surface area contributed by atoms with E-state index < -0.39 is 37.3 Å². The second-order valence-corrected chi connectivity index (χ2v) is 2.72. The largest absolute Gasteiger partial charge is 0.394 e. The summed E-state index contributed by atoms with van der Waals surface area (Å²) in [7, 11) is 0. The third-order valence-corrected chi connectivity index (χ3v) is 1.87. The number of rotatable bonds is 2. The van der Waals surface area contributed by atoms with Crippen molar-refractivity contribution in [3.05, 3.63) is 0 Å². The van der Waals surface area contributed by atoms with Crippen molar-refractivity contribution in [2.24, 2.45) is 0 Å². The highest BCUT2D eigenvalue weighted by molar-refractivity contribution is 4.90. The lowest BCUT2D eigenvalue weighted by Gasteiger charge is -2.15. The van der Waals surface area contributed by atoms with Crippen LogP contribution in [-0.4, -0.2) is 62.8 Å². The van der Waals surface area contributed by atoms with E-state index >= 15 is 0 Å². The lowest BCUT2D eigenvalue weighted by Crippen LogP contribution is -2.38. The molecule has 0 saturated carbocycles. The van der Waals surface area contributed by atoms with Crippen LogP contribution in [0.4, 0.5) is 0 Å². The standard InChI is InChI=1S/C6H12O6/c7-1-2-3(8)4(9)5(12-2)6(10)11/h2-11H,1H2/t2-,3-,4+,5-/m1/s1. The predicted octanol–water partition coefficient (Wildman–Crippen LogP) is -3.22. The monoisotopic (exact) mass is 180 g/mol. The van der Waals surface area contributed by atoms with E-state index in [1.54, 1.807) is 0 Å². The summed E-state index contributed by atoms with van der Waals surface area (Å²) in [5, 5.41) is 44.1. The lowest BCUT2D eigenvalue weighted by molar-refractivity contribution is -0.162. The highest BCUT2D eigenvalue weighted by Gasteiger charge is 2.45. The molecule has 1 heterocycles. The van der Waals surface area contributed by atoms with Crippen LogP contribution >= 0.6 is 0 Å². The Bertz CT molecular complexity index is 149. The third-order valence-electron chi connectivity index (χ3n) is 1.87. The molecule has 0 aromatic heterocycles. The van der Waals surface area contributed by atoms with Gasteiger partial charge in [-0.3, -0.25) is 0 Å². The minimum atomic E-state index is -1.86. The zero-order valence-electron chi connectivity index (χ0n) is 6.24. The van der Waals surface area contributed by atoms with Gasteiger partial charge in [-0.2, -0.15) is 0 Å². The Morgan fingerprint density at radius 3 is 2.00 bits per heavy atom. The molecule has 1 aliphatic heterocycles. The fraction of sp³-hybridized carbons (Fsp3) is 1.00. The van der Waals surface area contributed by atoms with Gasteiger partial charge in [0.15, 0.2) is 6.29 Å². The molecule has 4 atom stereocenters. The maximum atomic E-state index is 9.12. The van der Waals surface area contributed by atoms with E-state index in [9.17, 15) is 0 Å². The van der Waals surface area contributed by atoms with Gasteiger partial charge in [0.1, 0.15) is 24.4 Å². The third kappa shape index (κ3) is 1.58. The van der Waals surface area contributed by atoms with Crippen LogP contribution in [0.1, 0.15) is 0 Å². The number of aliphatic hydroxyl groups excluding tert-OH is 4. The molecule has 0 aromatic rings. The Kier molecular flexibility index (Phi) is 2.99. The van der Waals surface area contributed by atoms with E-state index in [1.165, 1.54) is 0 Å². The molecule has 1 aliphatic rings. The summed E-state index contributed by atoms with van der Waals surface area (Å²) in [4.78, 5) is 0. The first-order chi connectivity index (χ1) is 5.57. The summed E-state index contributed by atoms with van der Waals surface area (Å²) in [5.74, 6) is 0. The minimum Gasteiger partial charge on any atom is -0.394 e. The summed E-state index contributed by atoms with van der Waals surface area (Å²) in [6.45, 7) is -0.471. The van der Waals surface area contributed by atoms with Gasteiger partial charge in [-0.15, -0.1) is 0 Å². The summed E-state index contributed by atoms with van der Waals surface area (Å²) in [6.07, 6.45) is -6.71. The predicted molar refractivity (Wildman–Crippen MR) is 36.0 cm³/mol. The molecule has 0 radical (unpaired) electrons. The molecule has 12 heavy (non-hydrogen) atoms. The van der Waals surface area contributed by atoms with Crippen molar-refractivity contribution in [1.29, 1.82) is 0 Å². The van der Waals surface area contributed by atoms with Crippen LogP contribution in [0.3, 0.4) is 0 Å². The SMILES string of the molecule is OC[C@H]1O[C@@H](C(O)O)[C@@H](O)[C@@H]1O. The van der Waals surface area contributed by atoms with Crippen molar-refractivity contribution < 1.29 is 30.3 Å². The number of hydrogen-bond acceptors (Lipinski definition) is 6. The lowest BCUT2D eigenvalue weighted by atomic mass is 10.1. The van der Waals surface area contributed by atoms with Gasteiger partial charge in [-0.25, -0.2) is 0 Å². The van der Waals surface area contributed by atoms with Gasteiger partial charge in [-0.1, -0.05) is 0 Å². The number of hydrogen-bond donors (Lipinski definition) is 5. The average molecular weight is 180 g/mol. The van der Waals surface area contributed by atoms with Crippen molar-refractivity contribution in [2.75, 3.05) is 6.61 Å². The average Bonchev–Trinajstić information content (AvgIpc) is 2.30. The van der Waals surface area contributed by atoms with Gasteiger partial charge in [0, 0.05) is 0 Å².